The van der Waals surface area contributed by atoms with Crippen molar-refractivity contribution in [3.8, 4) is 5.88 Å². The minimum Gasteiger partial charge on any atom is -0.445 e. The highest BCUT2D eigenvalue weighted by Crippen LogP contribution is 2.32. The lowest BCUT2D eigenvalue weighted by Crippen LogP contribution is -2.25. The minimum atomic E-state index is -2.43. The largest absolute Gasteiger partial charge is 0.445 e. The van der Waals surface area contributed by atoms with Crippen molar-refractivity contribution in [2.45, 2.75) is 31.7 Å². The molecule has 0 amide bonds. The molecule has 1 fully saturated rings. The predicted molar refractivity (Wildman–Crippen MR) is 129 cm³/mol. The lowest BCUT2D eigenvalue weighted by Gasteiger charge is -2.23. The molecule has 3 N–H and O–H groups in total. The fourth-order valence-corrected chi connectivity index (χ4v) is 4.40. The summed E-state index contributed by atoms with van der Waals surface area (Å²) in [5, 5.41) is 3.30. The number of halogens is 1. The molecule has 0 aliphatic heterocycles. The summed E-state index contributed by atoms with van der Waals surface area (Å²) in [5.41, 5.74) is 7.11. The molecular weight excluding hydrogens is 443 g/mol. The average molecular weight is 471 g/mol. The van der Waals surface area contributed by atoms with Gasteiger partial charge in [-0.2, -0.15) is 4.36 Å². The molecule has 1 aliphatic carbocycles. The van der Waals surface area contributed by atoms with Crippen LogP contribution in [0.3, 0.4) is 0 Å². The number of fused-ring (bicyclic) bond motifs is 1. The summed E-state index contributed by atoms with van der Waals surface area (Å²) in [6.07, 6.45) is 13.7. The predicted octanol–water partition coefficient (Wildman–Crippen LogP) is 4.68. The van der Waals surface area contributed by atoms with Gasteiger partial charge in [-0.15, -0.1) is 0 Å². The number of hydrogen-bond acceptors (Lipinski definition) is 8. The van der Waals surface area contributed by atoms with Crippen molar-refractivity contribution in [3.05, 3.63) is 54.9 Å². The van der Waals surface area contributed by atoms with Gasteiger partial charge in [-0.25, -0.2) is 23.6 Å². The molecule has 2 heterocycles. The van der Waals surface area contributed by atoms with Gasteiger partial charge in [0.15, 0.2) is 0 Å². The Hall–Kier alpha value is -3.11. The van der Waals surface area contributed by atoms with Crippen LogP contribution in [0.5, 0.6) is 5.88 Å². The Balaban J connectivity index is 1.58. The van der Waals surface area contributed by atoms with Gasteiger partial charge >= 0.3 is 0 Å². The smallest absolute Gasteiger partial charge is 0.242 e. The number of rotatable bonds is 6. The molecule has 0 saturated heterocycles. The van der Waals surface area contributed by atoms with Gasteiger partial charge in [0.2, 0.25) is 5.88 Å². The standard InChI is InChI=1S/C23H27FN6O2S/c1-33(2,31)30-17-12-18(24)21-20(13-17)27-14-28-22(21)29-19-4-3-10-26-23(19)32-11-9-15-5-7-16(25)8-6-15/h3-4,9-16H,5-8,25H2,1-2H3,(H,27,28,29)/b11-9+. The molecule has 2 aromatic heterocycles. The number of anilines is 2. The van der Waals surface area contributed by atoms with Crippen molar-refractivity contribution < 1.29 is 13.3 Å². The van der Waals surface area contributed by atoms with Crippen LogP contribution in [0.15, 0.2) is 53.5 Å². The Morgan fingerprint density at radius 2 is 2.00 bits per heavy atom. The van der Waals surface area contributed by atoms with Crippen molar-refractivity contribution in [3.63, 3.8) is 0 Å². The number of benzene rings is 1. The molecule has 4 rings (SSSR count). The zero-order chi connectivity index (χ0) is 23.4. The van der Waals surface area contributed by atoms with E-state index in [1.165, 1.54) is 24.9 Å². The van der Waals surface area contributed by atoms with Crippen LogP contribution in [-0.2, 0) is 9.73 Å². The van der Waals surface area contributed by atoms with Gasteiger partial charge in [0.05, 0.1) is 22.9 Å². The molecular formula is C23H27FN6O2S. The molecule has 0 spiro atoms. The molecule has 0 bridgehead atoms. The van der Waals surface area contributed by atoms with Crippen LogP contribution in [-0.4, -0.2) is 37.7 Å². The van der Waals surface area contributed by atoms with Gasteiger partial charge in [0, 0.05) is 40.5 Å². The molecule has 174 valence electrons. The summed E-state index contributed by atoms with van der Waals surface area (Å²) in [4.78, 5) is 12.6. The van der Waals surface area contributed by atoms with E-state index in [0.29, 0.717) is 29.0 Å². The summed E-state index contributed by atoms with van der Waals surface area (Å²) in [7, 11) is -2.43. The number of ether oxygens (including phenoxy) is 1. The summed E-state index contributed by atoms with van der Waals surface area (Å²) >= 11 is 0. The van der Waals surface area contributed by atoms with Gasteiger partial charge in [-0.3, -0.25) is 0 Å². The number of nitrogens with two attached hydrogens (primary N) is 1. The van der Waals surface area contributed by atoms with E-state index in [4.69, 9.17) is 10.5 Å². The normalized spacial score (nSPS) is 19.0. The van der Waals surface area contributed by atoms with E-state index in [0.717, 1.165) is 25.7 Å². The van der Waals surface area contributed by atoms with Gasteiger partial charge < -0.3 is 15.8 Å². The summed E-state index contributed by atoms with van der Waals surface area (Å²) < 4.78 is 36.8. The van der Waals surface area contributed by atoms with Gasteiger partial charge in [-0.05, 0) is 55.9 Å². The Labute approximate surface area is 192 Å². The molecule has 1 aromatic carbocycles. The maximum atomic E-state index is 15.0. The van der Waals surface area contributed by atoms with Gasteiger partial charge in [0.25, 0.3) is 0 Å². The number of nitrogens with zero attached hydrogens (tertiary/aromatic N) is 4. The Kier molecular flexibility index (Phi) is 6.85. The van der Waals surface area contributed by atoms with E-state index < -0.39 is 15.5 Å². The quantitative estimate of drug-likeness (QED) is 0.503. The summed E-state index contributed by atoms with van der Waals surface area (Å²) in [6, 6.07) is 6.62. The highest BCUT2D eigenvalue weighted by Gasteiger charge is 2.17. The fourth-order valence-electron chi connectivity index (χ4n) is 3.79. The second-order valence-electron chi connectivity index (χ2n) is 8.42. The third-order valence-electron chi connectivity index (χ3n) is 5.37. The zero-order valence-corrected chi connectivity index (χ0v) is 19.4. The minimum absolute atomic E-state index is 0.194. The number of nitrogens with one attached hydrogen (secondary N) is 1. The number of aromatic nitrogens is 3. The Morgan fingerprint density at radius 1 is 1.21 bits per heavy atom. The average Bonchev–Trinajstić information content (AvgIpc) is 2.75. The molecule has 0 atom stereocenters. The Morgan fingerprint density at radius 3 is 2.76 bits per heavy atom. The third-order valence-corrected chi connectivity index (χ3v) is 6.02. The molecule has 10 heteroatoms. The monoisotopic (exact) mass is 470 g/mol. The first-order valence-electron chi connectivity index (χ1n) is 10.7. The van der Waals surface area contributed by atoms with Crippen LogP contribution in [0.1, 0.15) is 25.7 Å². The third kappa shape index (κ3) is 6.02. The Bertz CT molecular complexity index is 1290. The van der Waals surface area contributed by atoms with E-state index in [2.05, 4.69) is 24.6 Å². The molecule has 1 aliphatic rings. The first-order chi connectivity index (χ1) is 15.8. The lowest BCUT2D eigenvalue weighted by atomic mass is 9.87. The number of allylic oxidation sites excluding steroid dienone is 1. The second kappa shape index (κ2) is 9.80. The van der Waals surface area contributed by atoms with Crippen molar-refractivity contribution in [1.82, 2.24) is 15.0 Å². The van der Waals surface area contributed by atoms with E-state index in [-0.39, 0.29) is 16.9 Å². The molecule has 33 heavy (non-hydrogen) atoms. The molecule has 0 radical (unpaired) electrons. The van der Waals surface area contributed by atoms with Crippen LogP contribution in [0.4, 0.5) is 21.6 Å². The zero-order valence-electron chi connectivity index (χ0n) is 18.6. The van der Waals surface area contributed by atoms with Crippen LogP contribution in [0.2, 0.25) is 0 Å². The highest BCUT2D eigenvalue weighted by molar-refractivity contribution is 7.92. The molecule has 1 saturated carbocycles. The van der Waals surface area contributed by atoms with E-state index in [9.17, 15) is 8.60 Å². The SMILES string of the molecule is CS(C)(=O)=Nc1cc(F)c2c(Nc3cccnc3O/C=C/C3CCC(N)CC3)ncnc2c1. The van der Waals surface area contributed by atoms with E-state index >= 15 is 0 Å². The van der Waals surface area contributed by atoms with Crippen LogP contribution >= 0.6 is 0 Å². The molecule has 3 aromatic rings. The first kappa shape index (κ1) is 23.1. The highest BCUT2D eigenvalue weighted by atomic mass is 32.2. The first-order valence-corrected chi connectivity index (χ1v) is 13.0. The summed E-state index contributed by atoms with van der Waals surface area (Å²) in [6.45, 7) is 0. The summed E-state index contributed by atoms with van der Waals surface area (Å²) in [5.74, 6) is 0.475. The maximum absolute atomic E-state index is 15.0. The molecule has 8 nitrogen and oxygen atoms in total. The fraction of sp³-hybridized carbons (Fsp3) is 0.348. The lowest BCUT2D eigenvalue weighted by molar-refractivity contribution is 0.367. The van der Waals surface area contributed by atoms with Gasteiger partial charge in [-0.1, -0.05) is 0 Å². The van der Waals surface area contributed by atoms with Crippen LogP contribution in [0.25, 0.3) is 10.9 Å². The topological polar surface area (TPSA) is 115 Å². The number of pyridine rings is 1. The van der Waals surface area contributed by atoms with Crippen molar-refractivity contribution in [2.24, 2.45) is 16.0 Å². The van der Waals surface area contributed by atoms with Crippen LogP contribution < -0.4 is 15.8 Å². The van der Waals surface area contributed by atoms with Crippen LogP contribution in [0, 0.1) is 11.7 Å². The van der Waals surface area contributed by atoms with Gasteiger partial charge in [0.1, 0.15) is 23.6 Å². The van der Waals surface area contributed by atoms with Crippen molar-refractivity contribution in [1.29, 1.82) is 0 Å². The van der Waals surface area contributed by atoms with E-state index in [1.54, 1.807) is 30.7 Å². The van der Waals surface area contributed by atoms with Crippen molar-refractivity contribution in [2.75, 3.05) is 17.8 Å². The van der Waals surface area contributed by atoms with Crippen molar-refractivity contribution >= 4 is 37.8 Å². The van der Waals surface area contributed by atoms with E-state index in [1.807, 2.05) is 6.08 Å². The molecule has 0 unspecified atom stereocenters. The number of hydrogen-bond donors (Lipinski definition) is 2. The second-order valence-corrected chi connectivity index (χ2v) is 11.0. The maximum Gasteiger partial charge on any atom is 0.242 e.